The first-order valence-electron chi connectivity index (χ1n) is 7.59. The molecule has 0 atom stereocenters. The SMILES string of the molecule is Fc1ccc(-c2csc3nc(Nc4nc5cc(Cl)ccc5o4)nn23)cc1. The van der Waals surface area contributed by atoms with E-state index in [1.165, 1.54) is 23.5 Å². The lowest BCUT2D eigenvalue weighted by atomic mass is 10.2. The predicted molar refractivity (Wildman–Crippen MR) is 98.6 cm³/mol. The Morgan fingerprint density at radius 2 is 1.96 bits per heavy atom. The molecule has 26 heavy (non-hydrogen) atoms. The van der Waals surface area contributed by atoms with E-state index in [-0.39, 0.29) is 11.8 Å². The van der Waals surface area contributed by atoms with Gasteiger partial charge in [-0.15, -0.1) is 16.4 Å². The van der Waals surface area contributed by atoms with E-state index in [2.05, 4.69) is 20.4 Å². The molecule has 0 unspecified atom stereocenters. The van der Waals surface area contributed by atoms with Crippen LogP contribution in [0.2, 0.25) is 5.02 Å². The maximum Gasteiger partial charge on any atom is 0.302 e. The van der Waals surface area contributed by atoms with Crippen molar-refractivity contribution in [3.63, 3.8) is 0 Å². The van der Waals surface area contributed by atoms with E-state index >= 15 is 0 Å². The largest absolute Gasteiger partial charge is 0.423 e. The highest BCUT2D eigenvalue weighted by Gasteiger charge is 2.14. The van der Waals surface area contributed by atoms with Crippen LogP contribution in [0.25, 0.3) is 27.3 Å². The van der Waals surface area contributed by atoms with Gasteiger partial charge in [-0.3, -0.25) is 5.32 Å². The monoisotopic (exact) mass is 385 g/mol. The van der Waals surface area contributed by atoms with Gasteiger partial charge in [0.05, 0.1) is 5.69 Å². The normalized spacial score (nSPS) is 11.5. The lowest BCUT2D eigenvalue weighted by Gasteiger charge is -1.98. The van der Waals surface area contributed by atoms with Crippen LogP contribution in [0.1, 0.15) is 0 Å². The summed E-state index contributed by atoms with van der Waals surface area (Å²) in [6, 6.07) is 11.7. The van der Waals surface area contributed by atoms with Crippen LogP contribution in [-0.2, 0) is 0 Å². The molecule has 0 spiro atoms. The number of anilines is 2. The summed E-state index contributed by atoms with van der Waals surface area (Å²) in [5.41, 5.74) is 2.94. The molecule has 0 bridgehead atoms. The Bertz CT molecular complexity index is 1240. The smallest absolute Gasteiger partial charge is 0.302 e. The number of thiazole rings is 1. The maximum atomic E-state index is 13.1. The van der Waals surface area contributed by atoms with Crippen molar-refractivity contribution in [2.75, 3.05) is 5.32 Å². The number of benzene rings is 2. The number of hydrogen-bond donors (Lipinski definition) is 1. The minimum atomic E-state index is -0.280. The summed E-state index contributed by atoms with van der Waals surface area (Å²) in [5.74, 6) is 0.0788. The summed E-state index contributed by atoms with van der Waals surface area (Å²) in [7, 11) is 0. The van der Waals surface area contributed by atoms with Gasteiger partial charge in [0.15, 0.2) is 5.58 Å². The summed E-state index contributed by atoms with van der Waals surface area (Å²) >= 11 is 7.40. The molecule has 128 valence electrons. The molecular weight excluding hydrogens is 377 g/mol. The van der Waals surface area contributed by atoms with Gasteiger partial charge in [-0.25, -0.2) is 8.91 Å². The summed E-state index contributed by atoms with van der Waals surface area (Å²) in [6.07, 6.45) is 0. The Balaban J connectivity index is 1.50. The molecule has 0 fully saturated rings. The van der Waals surface area contributed by atoms with Crippen LogP contribution in [0.4, 0.5) is 16.4 Å². The first-order valence-corrected chi connectivity index (χ1v) is 8.85. The van der Waals surface area contributed by atoms with Gasteiger partial charge in [0.25, 0.3) is 5.95 Å². The van der Waals surface area contributed by atoms with Crippen LogP contribution in [0, 0.1) is 5.82 Å². The van der Waals surface area contributed by atoms with E-state index < -0.39 is 0 Å². The Morgan fingerprint density at radius 3 is 2.81 bits per heavy atom. The number of fused-ring (bicyclic) bond motifs is 2. The van der Waals surface area contributed by atoms with Crippen LogP contribution in [0.3, 0.4) is 0 Å². The number of rotatable bonds is 3. The number of hydrogen-bond acceptors (Lipinski definition) is 6. The maximum absolute atomic E-state index is 13.1. The van der Waals surface area contributed by atoms with Crippen molar-refractivity contribution in [2.24, 2.45) is 0 Å². The van der Waals surface area contributed by atoms with Gasteiger partial charge in [-0.2, -0.15) is 9.97 Å². The molecule has 0 radical (unpaired) electrons. The zero-order chi connectivity index (χ0) is 17.7. The fourth-order valence-corrected chi connectivity index (χ4v) is 3.60. The average molecular weight is 386 g/mol. The molecule has 1 N–H and O–H groups in total. The molecule has 0 amide bonds. The van der Waals surface area contributed by atoms with Crippen molar-refractivity contribution in [1.29, 1.82) is 0 Å². The van der Waals surface area contributed by atoms with Crippen molar-refractivity contribution in [3.05, 3.63) is 58.7 Å². The Labute approximate surface area is 154 Å². The van der Waals surface area contributed by atoms with Crippen LogP contribution < -0.4 is 5.32 Å². The fraction of sp³-hybridized carbons (Fsp3) is 0. The van der Waals surface area contributed by atoms with E-state index in [9.17, 15) is 4.39 Å². The van der Waals surface area contributed by atoms with Crippen molar-refractivity contribution < 1.29 is 8.81 Å². The lowest BCUT2D eigenvalue weighted by Crippen LogP contribution is -1.94. The van der Waals surface area contributed by atoms with Crippen LogP contribution in [0.15, 0.2) is 52.3 Å². The highest BCUT2D eigenvalue weighted by atomic mass is 35.5. The molecule has 9 heteroatoms. The number of nitrogens with one attached hydrogen (secondary N) is 1. The van der Waals surface area contributed by atoms with Gasteiger partial charge in [-0.1, -0.05) is 11.6 Å². The molecule has 5 rings (SSSR count). The molecule has 6 nitrogen and oxygen atoms in total. The molecule has 5 aromatic rings. The van der Waals surface area contributed by atoms with Crippen molar-refractivity contribution >= 4 is 51.0 Å². The van der Waals surface area contributed by atoms with Crippen molar-refractivity contribution in [2.45, 2.75) is 0 Å². The molecule has 0 aliphatic carbocycles. The topological polar surface area (TPSA) is 68.2 Å². The lowest BCUT2D eigenvalue weighted by molar-refractivity contribution is 0.621. The number of nitrogens with zero attached hydrogens (tertiary/aromatic N) is 4. The molecule has 0 aliphatic rings. The highest BCUT2D eigenvalue weighted by molar-refractivity contribution is 7.15. The van der Waals surface area contributed by atoms with Gasteiger partial charge in [0.1, 0.15) is 11.3 Å². The van der Waals surface area contributed by atoms with E-state index in [0.717, 1.165) is 11.3 Å². The quantitative estimate of drug-likeness (QED) is 0.466. The van der Waals surface area contributed by atoms with Crippen LogP contribution in [-0.4, -0.2) is 19.6 Å². The molecule has 2 aromatic carbocycles. The molecule has 0 saturated carbocycles. The first kappa shape index (κ1) is 15.3. The van der Waals surface area contributed by atoms with Gasteiger partial charge >= 0.3 is 6.01 Å². The predicted octanol–water partition coefficient (Wildman–Crippen LogP) is 5.14. The Morgan fingerprint density at radius 1 is 1.12 bits per heavy atom. The van der Waals surface area contributed by atoms with Crippen LogP contribution in [0.5, 0.6) is 0 Å². The average Bonchev–Trinajstić information content (AvgIpc) is 3.29. The zero-order valence-electron chi connectivity index (χ0n) is 13.0. The third kappa shape index (κ3) is 2.59. The zero-order valence-corrected chi connectivity index (χ0v) is 14.6. The van der Waals surface area contributed by atoms with Gasteiger partial charge < -0.3 is 4.42 Å². The minimum Gasteiger partial charge on any atom is -0.423 e. The summed E-state index contributed by atoms with van der Waals surface area (Å²) in [6.45, 7) is 0. The van der Waals surface area contributed by atoms with Crippen LogP contribution >= 0.6 is 22.9 Å². The van der Waals surface area contributed by atoms with E-state index in [1.54, 1.807) is 34.8 Å². The molecule has 0 aliphatic heterocycles. The van der Waals surface area contributed by atoms with E-state index in [4.69, 9.17) is 16.0 Å². The van der Waals surface area contributed by atoms with Gasteiger partial charge in [0, 0.05) is 16.0 Å². The summed E-state index contributed by atoms with van der Waals surface area (Å²) in [5, 5.41) is 9.91. The Kier molecular flexibility index (Phi) is 3.41. The second kappa shape index (κ2) is 5.79. The van der Waals surface area contributed by atoms with Crippen molar-refractivity contribution in [1.82, 2.24) is 19.6 Å². The van der Waals surface area contributed by atoms with Crippen molar-refractivity contribution in [3.8, 4) is 11.3 Å². The summed E-state index contributed by atoms with van der Waals surface area (Å²) in [4.78, 5) is 9.44. The number of halogens is 2. The molecule has 3 aromatic heterocycles. The second-order valence-corrected chi connectivity index (χ2v) is 6.79. The minimum absolute atomic E-state index is 0.280. The van der Waals surface area contributed by atoms with E-state index in [0.29, 0.717) is 27.0 Å². The highest BCUT2D eigenvalue weighted by Crippen LogP contribution is 2.28. The second-order valence-electron chi connectivity index (χ2n) is 5.51. The van der Waals surface area contributed by atoms with Gasteiger partial charge in [-0.05, 0) is 42.5 Å². The fourth-order valence-electron chi connectivity index (χ4n) is 2.60. The molecular formula is C17H9ClFN5OS. The standard InChI is InChI=1S/C17H9ClFN5OS/c18-10-3-6-14-12(7-10)20-16(25-14)21-15-22-17-24(23-15)13(8-26-17)9-1-4-11(19)5-2-9/h1-8H,(H,20,21,23). The third-order valence-electron chi connectivity index (χ3n) is 3.79. The first-order chi connectivity index (χ1) is 12.7. The number of aromatic nitrogens is 4. The van der Waals surface area contributed by atoms with E-state index in [1.807, 2.05) is 5.38 Å². The van der Waals surface area contributed by atoms with Gasteiger partial charge in [0.2, 0.25) is 4.96 Å². The molecule has 3 heterocycles. The Hall–Kier alpha value is -2.97. The molecule has 0 saturated heterocycles. The summed E-state index contributed by atoms with van der Waals surface area (Å²) < 4.78 is 20.4. The number of oxazole rings is 1. The third-order valence-corrected chi connectivity index (χ3v) is 4.84.